The molecule has 2 rings (SSSR count). The molecule has 9 N–H and O–H groups in total. The van der Waals surface area contributed by atoms with E-state index in [1.165, 1.54) is 26.7 Å². The molecule has 0 aromatic carbocycles. The van der Waals surface area contributed by atoms with Crippen LogP contribution in [0.1, 0.15) is 64.2 Å². The summed E-state index contributed by atoms with van der Waals surface area (Å²) in [6.45, 7) is 11.0. The molecule has 0 bridgehead atoms. The molecular formula is C48H89N7O26P4-2. The Bertz CT molecular complexity index is 2220. The van der Waals surface area contributed by atoms with Crippen molar-refractivity contribution in [1.29, 1.82) is 0 Å². The van der Waals surface area contributed by atoms with Gasteiger partial charge in [-0.25, -0.2) is 4.79 Å². The summed E-state index contributed by atoms with van der Waals surface area (Å²) in [6.07, 6.45) is -0.321. The average Bonchev–Trinajstić information content (AvgIpc) is 3.59. The highest BCUT2D eigenvalue weighted by Gasteiger charge is 2.31. The number of carbonyl (C=O) groups is 8. The van der Waals surface area contributed by atoms with Gasteiger partial charge in [0.25, 0.3) is 11.8 Å². The van der Waals surface area contributed by atoms with E-state index in [-0.39, 0.29) is 90.6 Å². The van der Waals surface area contributed by atoms with Crippen molar-refractivity contribution in [3.8, 4) is 0 Å². The first-order valence-electron chi connectivity index (χ1n) is 27.6. The number of ether oxygens (including phenoxy) is 6. The number of hydrogen-bond donors (Lipinski definition) is 9. The maximum Gasteiger partial charge on any atom is 0.396 e. The highest BCUT2D eigenvalue weighted by Crippen LogP contribution is 2.39. The van der Waals surface area contributed by atoms with Crippen LogP contribution in [0, 0.1) is 0 Å². The zero-order valence-corrected chi connectivity index (χ0v) is 52.8. The summed E-state index contributed by atoms with van der Waals surface area (Å²) in [4.78, 5) is 118. The fourth-order valence-corrected chi connectivity index (χ4v) is 9.93. The van der Waals surface area contributed by atoms with Crippen molar-refractivity contribution in [2.75, 3.05) is 159 Å². The molecule has 2 aliphatic carbocycles. The van der Waals surface area contributed by atoms with Crippen LogP contribution in [0.5, 0.6) is 0 Å². The molecule has 7 amide bonds. The van der Waals surface area contributed by atoms with Gasteiger partial charge >= 0.3 is 35.5 Å². The van der Waals surface area contributed by atoms with E-state index in [4.69, 9.17) is 46.5 Å². The summed E-state index contributed by atoms with van der Waals surface area (Å²) in [5, 5.41) is 36.8. The Labute approximate surface area is 495 Å². The smallest absolute Gasteiger partial charge is 0.396 e. The Hall–Kier alpha value is -3.84. The van der Waals surface area contributed by atoms with Gasteiger partial charge in [-0.3, -0.25) is 42.7 Å². The number of carbonyl (C=O) groups excluding carboxylic acids is 8. The largest absolute Gasteiger partial charge is 0.779 e. The van der Waals surface area contributed by atoms with E-state index in [0.29, 0.717) is 104 Å². The molecule has 0 aromatic rings. The second kappa shape index (κ2) is 43.7. The van der Waals surface area contributed by atoms with E-state index >= 15 is 0 Å². The Balaban J connectivity index is 0.000000862. The molecule has 0 aromatic heterocycles. The minimum atomic E-state index is -3.86. The lowest BCUT2D eigenvalue weighted by Crippen LogP contribution is -2.50. The lowest BCUT2D eigenvalue weighted by Gasteiger charge is -2.32. The van der Waals surface area contributed by atoms with E-state index < -0.39 is 102 Å². The molecule has 0 radical (unpaired) electrons. The number of esters is 1. The van der Waals surface area contributed by atoms with Crippen molar-refractivity contribution >= 4 is 77.2 Å². The van der Waals surface area contributed by atoms with Gasteiger partial charge in [-0.05, 0) is 64.2 Å². The molecule has 0 heterocycles. The standard InChI is InChI=1S/C27H52N4O13P2.C21H39N3O13P2/c1-45(2,36)43-21-20-41-15-12-30-25(33)24(32)28-10-4-13-39-16-18-42-19-17-40-14-5-11-29-26(34)27(35)31-22-6-8-23(9-7-22)44-46(3,37)38;1-38(2,31)36-13-12-34-10-8-22-18(27)16(25)17(26)19(28)23-9-11-35-21(30)20(29)24-14-4-6-15(7-5-14)37-39(3,32)33/h22-23H,4-21H2,1-3H3,(H,28,32)(H,29,34)(H,30,33)(H,31,35)(H,37,38);14-17,25-26H,4-13H2,1-3H3,(H,22,27)(H,23,28)(H,24,29)(H,32,33)/p-2/t;14?,15?,16-,17+/m.1/s1. The number of hydrogen-bond acceptors (Lipinski definition) is 26. The molecular weight excluding hydrogens is 1210 g/mol. The molecule has 4 atom stereocenters. The summed E-state index contributed by atoms with van der Waals surface area (Å²) in [5.74, 6) is -7.28. The first-order valence-corrected chi connectivity index (χ1v) is 36.6. The number of rotatable bonds is 40. The fourth-order valence-electron chi connectivity index (χ4n) is 7.40. The Morgan fingerprint density at radius 1 is 0.412 bits per heavy atom. The predicted molar refractivity (Wildman–Crippen MR) is 300 cm³/mol. The van der Waals surface area contributed by atoms with Crippen molar-refractivity contribution in [2.45, 2.75) is 101 Å². The van der Waals surface area contributed by atoms with E-state index in [1.807, 2.05) is 0 Å². The molecule has 37 heteroatoms. The summed E-state index contributed by atoms with van der Waals surface area (Å²) in [6, 6.07) is -0.549. The highest BCUT2D eigenvalue weighted by atomic mass is 31.2. The lowest BCUT2D eigenvalue weighted by molar-refractivity contribution is -0.202. The van der Waals surface area contributed by atoms with E-state index in [2.05, 4.69) is 37.2 Å². The third-order valence-electron chi connectivity index (χ3n) is 11.4. The van der Waals surface area contributed by atoms with Crippen molar-refractivity contribution in [2.24, 2.45) is 0 Å². The molecule has 0 aliphatic heterocycles. The predicted octanol–water partition coefficient (Wildman–Crippen LogP) is -2.96. The summed E-state index contributed by atoms with van der Waals surface area (Å²) < 4.78 is 96.6. The highest BCUT2D eigenvalue weighted by molar-refractivity contribution is 7.57. The van der Waals surface area contributed by atoms with Gasteiger partial charge in [-0.15, -0.1) is 0 Å². The SMILES string of the molecule is CP(C)(=O)OCCOCCNC(=O)C(=O)NCCCOCCOCCOCCCNC(=O)C(=O)NC1CCC(OP(C)(=O)[O-])CC1.CP(C)(=O)OCCOCCNC(=O)[C@H](O)[C@H](O)C(=O)NCCOC(=O)C(=O)NC1CCC(OP(C)(=O)[O-])CC1. The lowest BCUT2D eigenvalue weighted by atomic mass is 9.93. The number of aliphatic hydroxyl groups is 2. The molecule has 2 aliphatic rings. The van der Waals surface area contributed by atoms with Crippen LogP contribution in [0.15, 0.2) is 0 Å². The van der Waals surface area contributed by atoms with E-state index in [1.54, 1.807) is 0 Å². The molecule has 2 fully saturated rings. The second-order valence-electron chi connectivity index (χ2n) is 20.0. The summed E-state index contributed by atoms with van der Waals surface area (Å²) >= 11 is 0. The average molecular weight is 1300 g/mol. The third-order valence-corrected chi connectivity index (χ3v) is 14.3. The minimum Gasteiger partial charge on any atom is -0.779 e. The first-order chi connectivity index (χ1) is 39.9. The van der Waals surface area contributed by atoms with E-state index in [9.17, 15) is 76.6 Å². The van der Waals surface area contributed by atoms with Crippen LogP contribution in [-0.4, -0.2) is 253 Å². The number of nitrogens with one attached hydrogen (secondary N) is 7. The molecule has 0 spiro atoms. The Morgan fingerprint density at radius 2 is 0.729 bits per heavy atom. The van der Waals surface area contributed by atoms with Gasteiger partial charge in [0.15, 0.2) is 26.9 Å². The van der Waals surface area contributed by atoms with Gasteiger partial charge in [0.05, 0.1) is 84.8 Å². The van der Waals surface area contributed by atoms with Gasteiger partial charge in [-0.1, -0.05) is 0 Å². The van der Waals surface area contributed by atoms with Crippen LogP contribution in [0.25, 0.3) is 0 Å². The third kappa shape index (κ3) is 44.3. The quantitative estimate of drug-likeness (QED) is 0.0128. The summed E-state index contributed by atoms with van der Waals surface area (Å²) in [5.41, 5.74) is 0. The van der Waals surface area contributed by atoms with Gasteiger partial charge in [0.1, 0.15) is 21.8 Å². The van der Waals surface area contributed by atoms with Crippen molar-refractivity contribution in [3.05, 3.63) is 0 Å². The molecule has 2 unspecified atom stereocenters. The minimum absolute atomic E-state index is 0.0334. The van der Waals surface area contributed by atoms with Crippen molar-refractivity contribution in [1.82, 2.24) is 37.2 Å². The van der Waals surface area contributed by atoms with Crippen LogP contribution in [-0.2, 0) is 103 Å². The second-order valence-corrected chi connectivity index (χ2v) is 29.0. The van der Waals surface area contributed by atoms with Gasteiger partial charge < -0.3 is 113 Å². The molecule has 2 saturated carbocycles. The van der Waals surface area contributed by atoms with Crippen LogP contribution in [0.2, 0.25) is 0 Å². The molecule has 0 saturated heterocycles. The topological polar surface area (TPSA) is 468 Å². The monoisotopic (exact) mass is 1300 g/mol. The van der Waals surface area contributed by atoms with Gasteiger partial charge in [-0.2, -0.15) is 0 Å². The van der Waals surface area contributed by atoms with Gasteiger partial charge in [0.2, 0.25) is 0 Å². The van der Waals surface area contributed by atoms with Crippen molar-refractivity contribution in [3.63, 3.8) is 0 Å². The first kappa shape index (κ1) is 79.2. The van der Waals surface area contributed by atoms with Crippen LogP contribution in [0.4, 0.5) is 0 Å². The maximum absolute atomic E-state index is 12.1. The van der Waals surface area contributed by atoms with E-state index in [0.717, 1.165) is 13.3 Å². The Kier molecular flexibility index (Phi) is 40.7. The molecule has 33 nitrogen and oxygen atoms in total. The van der Waals surface area contributed by atoms with Crippen LogP contribution >= 0.6 is 29.9 Å². The zero-order chi connectivity index (χ0) is 63.9. The van der Waals surface area contributed by atoms with Crippen LogP contribution in [0.3, 0.4) is 0 Å². The summed E-state index contributed by atoms with van der Waals surface area (Å²) in [7, 11) is -12.8. The van der Waals surface area contributed by atoms with Crippen molar-refractivity contribution < 1.29 is 123 Å². The number of aliphatic hydroxyl groups excluding tert-OH is 2. The van der Waals surface area contributed by atoms with Crippen LogP contribution < -0.4 is 47.0 Å². The zero-order valence-electron chi connectivity index (χ0n) is 49.2. The molecule has 85 heavy (non-hydrogen) atoms. The fraction of sp³-hybridized carbons (Fsp3) is 0.833. The molecule has 494 valence electrons. The number of amides is 7. The normalized spacial score (nSPS) is 19.2. The maximum atomic E-state index is 12.1. The van der Waals surface area contributed by atoms with Gasteiger partial charge in [0, 0.05) is 91.5 Å². The Morgan fingerprint density at radius 3 is 1.12 bits per heavy atom.